The van der Waals surface area contributed by atoms with Gasteiger partial charge in [-0.05, 0) is 18.3 Å². The molecule has 0 saturated heterocycles. The Morgan fingerprint density at radius 3 is 1.27 bits per heavy atom. The predicted molar refractivity (Wildman–Crippen MR) is 48.5 cm³/mol. The topological polar surface area (TPSA) is 0 Å². The van der Waals surface area contributed by atoms with Crippen LogP contribution >= 0.6 is 0 Å². The first kappa shape index (κ1) is 7.64. The fraction of sp³-hybridized carbons (Fsp3) is 1.00. The highest BCUT2D eigenvalue weighted by Gasteiger charge is 2.22. The largest absolute Gasteiger partial charge is 0.0530 e. The van der Waals surface area contributed by atoms with Gasteiger partial charge in [0.05, 0.1) is 0 Å². The van der Waals surface area contributed by atoms with E-state index >= 15 is 0 Å². The molecular weight excluding hydrogens is 132 g/mol. The molecule has 0 heteroatoms. The number of hydrogen-bond donors (Lipinski definition) is 0. The van der Waals surface area contributed by atoms with E-state index in [0.717, 1.165) is 11.8 Å². The summed E-state index contributed by atoms with van der Waals surface area (Å²) in [5, 5.41) is 0. The zero-order chi connectivity index (χ0) is 7.52. The molecule has 0 unspecified atom stereocenters. The third-order valence-corrected chi connectivity index (χ3v) is 3.62. The molecule has 0 radical (unpaired) electrons. The quantitative estimate of drug-likeness (QED) is 0.496. The Hall–Kier alpha value is 0. The van der Waals surface area contributed by atoms with E-state index in [2.05, 4.69) is 0 Å². The molecule has 11 heavy (non-hydrogen) atoms. The van der Waals surface area contributed by atoms with Gasteiger partial charge in [0.15, 0.2) is 0 Å². The third-order valence-electron chi connectivity index (χ3n) is 3.62. The molecule has 0 nitrogen and oxygen atoms in total. The second kappa shape index (κ2) is 3.60. The summed E-state index contributed by atoms with van der Waals surface area (Å²) in [5.41, 5.74) is 0. The second-order valence-corrected chi connectivity index (χ2v) is 4.54. The van der Waals surface area contributed by atoms with Crippen molar-refractivity contribution in [3.63, 3.8) is 0 Å². The van der Waals surface area contributed by atoms with Crippen LogP contribution in [0.5, 0.6) is 0 Å². The molecule has 2 fully saturated rings. The Balaban J connectivity index is 1.96. The van der Waals surface area contributed by atoms with E-state index in [4.69, 9.17) is 0 Å². The summed E-state index contributed by atoms with van der Waals surface area (Å²) in [6, 6.07) is 0. The monoisotopic (exact) mass is 152 g/mol. The number of hydrogen-bond acceptors (Lipinski definition) is 0. The van der Waals surface area contributed by atoms with Crippen LogP contribution < -0.4 is 0 Å². The second-order valence-electron chi connectivity index (χ2n) is 4.54. The van der Waals surface area contributed by atoms with Gasteiger partial charge in [0.25, 0.3) is 0 Å². The lowest BCUT2D eigenvalue weighted by molar-refractivity contribution is 0.382. The molecule has 0 aliphatic heterocycles. The van der Waals surface area contributed by atoms with Crippen LogP contribution in [0.25, 0.3) is 0 Å². The van der Waals surface area contributed by atoms with Crippen molar-refractivity contribution in [3.05, 3.63) is 0 Å². The molecule has 2 bridgehead atoms. The molecule has 0 aromatic heterocycles. The first-order valence-corrected chi connectivity index (χ1v) is 5.45. The predicted octanol–water partition coefficient (Wildman–Crippen LogP) is 3.76. The summed E-state index contributed by atoms with van der Waals surface area (Å²) in [6.07, 6.45) is 13.9. The van der Waals surface area contributed by atoms with E-state index in [-0.39, 0.29) is 0 Å². The maximum atomic E-state index is 1.58. The average molecular weight is 152 g/mol. The molecule has 0 aromatic carbocycles. The first-order chi connectivity index (χ1) is 5.45. The van der Waals surface area contributed by atoms with Crippen molar-refractivity contribution in [1.29, 1.82) is 0 Å². The molecule has 0 atom stereocenters. The minimum absolute atomic E-state index is 1.13. The van der Waals surface area contributed by atoms with Crippen molar-refractivity contribution in [2.24, 2.45) is 11.8 Å². The van der Waals surface area contributed by atoms with E-state index < -0.39 is 0 Å². The molecule has 0 spiro atoms. The highest BCUT2D eigenvalue weighted by atomic mass is 14.3. The minimum Gasteiger partial charge on any atom is -0.0530 e. The van der Waals surface area contributed by atoms with Crippen molar-refractivity contribution in [2.75, 3.05) is 0 Å². The maximum Gasteiger partial charge on any atom is -0.0412 e. The van der Waals surface area contributed by atoms with Gasteiger partial charge >= 0.3 is 0 Å². The molecule has 0 amide bonds. The number of rotatable bonds is 0. The van der Waals surface area contributed by atoms with Crippen LogP contribution in [0.1, 0.15) is 57.8 Å². The van der Waals surface area contributed by atoms with E-state index in [1.54, 1.807) is 32.1 Å². The van der Waals surface area contributed by atoms with Crippen molar-refractivity contribution in [3.8, 4) is 0 Å². The molecule has 0 N–H and O–H groups in total. The summed E-state index contributed by atoms with van der Waals surface area (Å²) < 4.78 is 0. The minimum atomic E-state index is 1.13. The zero-order valence-electron chi connectivity index (χ0n) is 7.52. The SMILES string of the molecule is C1CCC2CCCCC(C1)C2. The van der Waals surface area contributed by atoms with Crippen LogP contribution in [0.2, 0.25) is 0 Å². The molecule has 0 aromatic rings. The van der Waals surface area contributed by atoms with E-state index in [1.165, 1.54) is 25.7 Å². The van der Waals surface area contributed by atoms with Gasteiger partial charge in [-0.3, -0.25) is 0 Å². The van der Waals surface area contributed by atoms with Crippen molar-refractivity contribution in [1.82, 2.24) is 0 Å². The Morgan fingerprint density at radius 1 is 0.545 bits per heavy atom. The van der Waals surface area contributed by atoms with Gasteiger partial charge < -0.3 is 0 Å². The van der Waals surface area contributed by atoms with Crippen LogP contribution in [0.4, 0.5) is 0 Å². The zero-order valence-corrected chi connectivity index (χ0v) is 7.52. The fourth-order valence-electron chi connectivity index (χ4n) is 2.96. The molecule has 2 rings (SSSR count). The van der Waals surface area contributed by atoms with Crippen LogP contribution in [-0.4, -0.2) is 0 Å². The normalized spacial score (nSPS) is 39.3. The highest BCUT2D eigenvalue weighted by Crippen LogP contribution is 2.36. The van der Waals surface area contributed by atoms with Crippen LogP contribution in [0, 0.1) is 11.8 Å². The van der Waals surface area contributed by atoms with Crippen molar-refractivity contribution in [2.45, 2.75) is 57.8 Å². The Morgan fingerprint density at radius 2 is 0.909 bits per heavy atom. The van der Waals surface area contributed by atoms with Crippen molar-refractivity contribution >= 4 is 0 Å². The Bertz CT molecular complexity index is 91.2. The lowest BCUT2D eigenvalue weighted by Crippen LogP contribution is -2.01. The summed E-state index contributed by atoms with van der Waals surface area (Å²) in [7, 11) is 0. The smallest absolute Gasteiger partial charge is 0.0412 e. The van der Waals surface area contributed by atoms with Crippen LogP contribution in [0.3, 0.4) is 0 Å². The molecule has 2 aliphatic rings. The summed E-state index contributed by atoms with van der Waals surface area (Å²) in [5.74, 6) is 2.26. The lowest BCUT2D eigenvalue weighted by Gasteiger charge is -2.13. The van der Waals surface area contributed by atoms with E-state index in [9.17, 15) is 0 Å². The van der Waals surface area contributed by atoms with Gasteiger partial charge in [-0.2, -0.15) is 0 Å². The molecular formula is C11H20. The third kappa shape index (κ3) is 1.98. The van der Waals surface area contributed by atoms with E-state index in [0.29, 0.717) is 0 Å². The Labute approximate surface area is 70.4 Å². The molecule has 64 valence electrons. The van der Waals surface area contributed by atoms with E-state index in [1.807, 2.05) is 0 Å². The fourth-order valence-corrected chi connectivity index (χ4v) is 2.96. The van der Waals surface area contributed by atoms with Gasteiger partial charge in [0.1, 0.15) is 0 Å². The van der Waals surface area contributed by atoms with Crippen molar-refractivity contribution < 1.29 is 0 Å². The lowest BCUT2D eigenvalue weighted by atomic mass is 9.92. The first-order valence-electron chi connectivity index (χ1n) is 5.45. The van der Waals surface area contributed by atoms with Gasteiger partial charge in [0, 0.05) is 0 Å². The maximum absolute atomic E-state index is 1.58. The van der Waals surface area contributed by atoms with Gasteiger partial charge in [-0.25, -0.2) is 0 Å². The summed E-state index contributed by atoms with van der Waals surface area (Å²) >= 11 is 0. The van der Waals surface area contributed by atoms with Crippen LogP contribution in [-0.2, 0) is 0 Å². The van der Waals surface area contributed by atoms with Crippen LogP contribution in [0.15, 0.2) is 0 Å². The standard InChI is InChI=1S/C11H20/c1-2-6-11-8-4-3-7-10(5-1)9-11/h10-11H,1-9H2. The average Bonchev–Trinajstić information content (AvgIpc) is 2.36. The van der Waals surface area contributed by atoms with Gasteiger partial charge in [-0.15, -0.1) is 0 Å². The molecule has 2 saturated carbocycles. The van der Waals surface area contributed by atoms with Gasteiger partial charge in [-0.1, -0.05) is 51.4 Å². The number of fused-ring (bicyclic) bond motifs is 2. The molecule has 2 aliphatic carbocycles. The summed E-state index contributed by atoms with van der Waals surface area (Å²) in [4.78, 5) is 0. The highest BCUT2D eigenvalue weighted by molar-refractivity contribution is 4.74. The van der Waals surface area contributed by atoms with Gasteiger partial charge in [0.2, 0.25) is 0 Å². The molecule has 0 heterocycles. The Kier molecular flexibility index (Phi) is 2.50. The summed E-state index contributed by atoms with van der Waals surface area (Å²) in [6.45, 7) is 0.